The monoisotopic (exact) mass is 245 g/mol. The van der Waals surface area contributed by atoms with E-state index in [9.17, 15) is 9.59 Å². The van der Waals surface area contributed by atoms with Gasteiger partial charge in [0.15, 0.2) is 5.13 Å². The molecule has 7 nitrogen and oxygen atoms in total. The van der Waals surface area contributed by atoms with Gasteiger partial charge in [0.2, 0.25) is 0 Å². The lowest BCUT2D eigenvalue weighted by Crippen LogP contribution is -2.31. The number of carboxylic acids is 1. The second-order valence-electron chi connectivity index (χ2n) is 2.66. The van der Waals surface area contributed by atoms with E-state index in [2.05, 4.69) is 15.6 Å². The molecular formula is C8H11N3O4S. The smallest absolute Gasteiger partial charge is 0.329 e. The van der Waals surface area contributed by atoms with Gasteiger partial charge in [-0.15, -0.1) is 11.3 Å². The lowest BCUT2D eigenvalue weighted by atomic mass is 10.6. The highest BCUT2D eigenvalue weighted by atomic mass is 32.1. The lowest BCUT2D eigenvalue weighted by Gasteiger charge is -2.04. The van der Waals surface area contributed by atoms with Gasteiger partial charge in [-0.3, -0.25) is 5.32 Å². The van der Waals surface area contributed by atoms with E-state index < -0.39 is 12.0 Å². The van der Waals surface area contributed by atoms with Crippen molar-refractivity contribution in [3.63, 3.8) is 0 Å². The average molecular weight is 245 g/mol. The maximum atomic E-state index is 11.2. The molecule has 0 aliphatic heterocycles. The standard InChI is InChI=1S/C8H11N3O4S/c12-6(13)5-15-3-1-9-7(14)11-8-10-2-4-16-8/h2,4H,1,3,5H2,(H,12,13)(H2,9,10,11,14). The van der Waals surface area contributed by atoms with E-state index in [-0.39, 0.29) is 19.8 Å². The number of rotatable bonds is 6. The Labute approximate surface area is 95.4 Å². The number of ether oxygens (including phenoxy) is 1. The van der Waals surface area contributed by atoms with Crippen LogP contribution in [0.3, 0.4) is 0 Å². The summed E-state index contributed by atoms with van der Waals surface area (Å²) >= 11 is 1.31. The zero-order valence-electron chi connectivity index (χ0n) is 8.30. The minimum absolute atomic E-state index is 0.150. The Balaban J connectivity index is 2.05. The van der Waals surface area contributed by atoms with E-state index in [1.807, 2.05) is 0 Å². The van der Waals surface area contributed by atoms with Gasteiger partial charge in [0.05, 0.1) is 6.61 Å². The number of amides is 2. The maximum absolute atomic E-state index is 11.2. The van der Waals surface area contributed by atoms with E-state index in [1.165, 1.54) is 11.3 Å². The number of hydrogen-bond acceptors (Lipinski definition) is 5. The highest BCUT2D eigenvalue weighted by Crippen LogP contribution is 2.09. The number of hydrogen-bond donors (Lipinski definition) is 3. The van der Waals surface area contributed by atoms with Crippen LogP contribution in [0.2, 0.25) is 0 Å². The molecule has 0 spiro atoms. The SMILES string of the molecule is O=C(O)COCCNC(=O)Nc1nccs1. The highest BCUT2D eigenvalue weighted by Gasteiger charge is 2.02. The largest absolute Gasteiger partial charge is 0.480 e. The Morgan fingerprint density at radius 2 is 2.38 bits per heavy atom. The Bertz CT molecular complexity index is 341. The van der Waals surface area contributed by atoms with E-state index in [0.717, 1.165) is 0 Å². The quantitative estimate of drug-likeness (QED) is 0.628. The minimum atomic E-state index is -1.03. The number of anilines is 1. The topological polar surface area (TPSA) is 101 Å². The van der Waals surface area contributed by atoms with Crippen molar-refractivity contribution in [2.45, 2.75) is 0 Å². The maximum Gasteiger partial charge on any atom is 0.329 e. The number of aromatic nitrogens is 1. The van der Waals surface area contributed by atoms with Crippen LogP contribution in [0.1, 0.15) is 0 Å². The highest BCUT2D eigenvalue weighted by molar-refractivity contribution is 7.13. The van der Waals surface area contributed by atoms with Gasteiger partial charge in [-0.1, -0.05) is 0 Å². The zero-order valence-corrected chi connectivity index (χ0v) is 9.12. The molecule has 0 fully saturated rings. The van der Waals surface area contributed by atoms with Gasteiger partial charge in [0.25, 0.3) is 0 Å². The van der Waals surface area contributed by atoms with Gasteiger partial charge in [-0.25, -0.2) is 14.6 Å². The molecule has 3 N–H and O–H groups in total. The summed E-state index contributed by atoms with van der Waals surface area (Å²) in [5.41, 5.74) is 0. The van der Waals surface area contributed by atoms with E-state index in [4.69, 9.17) is 9.84 Å². The van der Waals surface area contributed by atoms with Crippen molar-refractivity contribution in [3.8, 4) is 0 Å². The third kappa shape index (κ3) is 5.27. The number of carbonyl (C=O) groups excluding carboxylic acids is 1. The minimum Gasteiger partial charge on any atom is -0.480 e. The molecule has 88 valence electrons. The van der Waals surface area contributed by atoms with Crippen LogP contribution in [0.25, 0.3) is 0 Å². The lowest BCUT2D eigenvalue weighted by molar-refractivity contribution is -0.142. The van der Waals surface area contributed by atoms with Gasteiger partial charge in [-0.2, -0.15) is 0 Å². The molecule has 0 unspecified atom stereocenters. The Morgan fingerprint density at radius 1 is 1.56 bits per heavy atom. The molecule has 2 amide bonds. The molecule has 1 rings (SSSR count). The first kappa shape index (κ1) is 12.4. The molecule has 0 aliphatic rings. The number of nitrogens with zero attached hydrogens (tertiary/aromatic N) is 1. The zero-order chi connectivity index (χ0) is 11.8. The van der Waals surface area contributed by atoms with Crippen LogP contribution in [-0.2, 0) is 9.53 Å². The first-order valence-electron chi connectivity index (χ1n) is 4.42. The first-order valence-corrected chi connectivity index (χ1v) is 5.30. The van der Waals surface area contributed by atoms with Gasteiger partial charge < -0.3 is 15.2 Å². The normalized spacial score (nSPS) is 9.75. The molecule has 0 atom stereocenters. The molecule has 1 aromatic rings. The van der Waals surface area contributed by atoms with Crippen molar-refractivity contribution in [1.29, 1.82) is 0 Å². The molecule has 0 saturated heterocycles. The van der Waals surface area contributed by atoms with E-state index >= 15 is 0 Å². The van der Waals surface area contributed by atoms with Crippen molar-refractivity contribution in [1.82, 2.24) is 10.3 Å². The number of carbonyl (C=O) groups is 2. The van der Waals surface area contributed by atoms with E-state index in [1.54, 1.807) is 11.6 Å². The summed E-state index contributed by atoms with van der Waals surface area (Å²) in [6.45, 7) is 0.0257. The molecule has 0 aliphatic carbocycles. The van der Waals surface area contributed by atoms with Gasteiger partial charge in [0.1, 0.15) is 6.61 Å². The Hall–Kier alpha value is -1.67. The van der Waals surface area contributed by atoms with Crippen LogP contribution in [0.15, 0.2) is 11.6 Å². The van der Waals surface area contributed by atoms with Gasteiger partial charge in [0, 0.05) is 18.1 Å². The number of urea groups is 1. The van der Waals surface area contributed by atoms with Crippen LogP contribution in [0, 0.1) is 0 Å². The predicted molar refractivity (Wildman–Crippen MR) is 57.6 cm³/mol. The van der Waals surface area contributed by atoms with Crippen molar-refractivity contribution in [2.75, 3.05) is 25.1 Å². The molecule has 1 heterocycles. The summed E-state index contributed by atoms with van der Waals surface area (Å²) in [4.78, 5) is 25.1. The molecule has 0 saturated carbocycles. The number of aliphatic carboxylic acids is 1. The molecule has 1 aromatic heterocycles. The molecule has 16 heavy (non-hydrogen) atoms. The fourth-order valence-electron chi connectivity index (χ4n) is 0.823. The summed E-state index contributed by atoms with van der Waals surface area (Å²) in [5.74, 6) is -1.03. The summed E-state index contributed by atoms with van der Waals surface area (Å²) in [5, 5.41) is 15.5. The first-order chi connectivity index (χ1) is 7.68. The molecular weight excluding hydrogens is 234 g/mol. The fraction of sp³-hybridized carbons (Fsp3) is 0.375. The number of nitrogens with one attached hydrogen (secondary N) is 2. The van der Waals surface area contributed by atoms with E-state index in [0.29, 0.717) is 5.13 Å². The third-order valence-corrected chi connectivity index (χ3v) is 2.10. The van der Waals surface area contributed by atoms with Crippen molar-refractivity contribution < 1.29 is 19.4 Å². The van der Waals surface area contributed by atoms with Crippen LogP contribution in [0.4, 0.5) is 9.93 Å². The number of carboxylic acid groups (broad SMARTS) is 1. The third-order valence-electron chi connectivity index (χ3n) is 1.41. The van der Waals surface area contributed by atoms with Gasteiger partial charge in [-0.05, 0) is 0 Å². The summed E-state index contributed by atoms with van der Waals surface area (Å²) in [6.07, 6.45) is 1.58. The second-order valence-corrected chi connectivity index (χ2v) is 3.56. The van der Waals surface area contributed by atoms with Crippen molar-refractivity contribution >= 4 is 28.5 Å². The van der Waals surface area contributed by atoms with Crippen LogP contribution >= 0.6 is 11.3 Å². The van der Waals surface area contributed by atoms with Gasteiger partial charge >= 0.3 is 12.0 Å². The Kier molecular flexibility index (Phi) is 5.23. The Morgan fingerprint density at radius 3 is 3.00 bits per heavy atom. The van der Waals surface area contributed by atoms with Crippen molar-refractivity contribution in [2.24, 2.45) is 0 Å². The fourth-order valence-corrected chi connectivity index (χ4v) is 1.35. The molecule has 8 heteroatoms. The summed E-state index contributed by atoms with van der Waals surface area (Å²) in [6, 6.07) is -0.395. The average Bonchev–Trinajstić information content (AvgIpc) is 2.69. The number of thiazole rings is 1. The predicted octanol–water partition coefficient (Wildman–Crippen LogP) is 0.366. The van der Waals surface area contributed by atoms with Crippen LogP contribution in [-0.4, -0.2) is 41.8 Å². The van der Waals surface area contributed by atoms with Crippen molar-refractivity contribution in [3.05, 3.63) is 11.6 Å². The molecule has 0 radical (unpaired) electrons. The van der Waals surface area contributed by atoms with Crippen LogP contribution < -0.4 is 10.6 Å². The summed E-state index contributed by atoms with van der Waals surface area (Å²) in [7, 11) is 0. The molecule has 0 aromatic carbocycles. The van der Waals surface area contributed by atoms with Crippen LogP contribution in [0.5, 0.6) is 0 Å². The molecule has 0 bridgehead atoms. The summed E-state index contributed by atoms with van der Waals surface area (Å²) < 4.78 is 4.73. The second kappa shape index (κ2) is 6.75.